The smallest absolute Gasteiger partial charge is 0.141 e. The first-order valence-electron chi connectivity index (χ1n) is 7.12. The van der Waals surface area contributed by atoms with Crippen molar-refractivity contribution in [1.82, 2.24) is 25.0 Å². The number of hydrogen-bond acceptors (Lipinski definition) is 4. The molecule has 1 aromatic rings. The van der Waals surface area contributed by atoms with Crippen LogP contribution >= 0.6 is 0 Å². The molecule has 0 bridgehead atoms. The fraction of sp³-hybridized carbons (Fsp3) is 0.846. The van der Waals surface area contributed by atoms with Gasteiger partial charge in [0.05, 0.1) is 6.54 Å². The van der Waals surface area contributed by atoms with E-state index >= 15 is 0 Å². The van der Waals surface area contributed by atoms with Crippen molar-refractivity contribution in [2.24, 2.45) is 5.92 Å². The zero-order chi connectivity index (χ0) is 12.5. The second-order valence-corrected chi connectivity index (χ2v) is 5.62. The fourth-order valence-corrected chi connectivity index (χ4v) is 2.84. The summed E-state index contributed by atoms with van der Waals surface area (Å²) in [4.78, 5) is 6.94. The lowest BCUT2D eigenvalue weighted by atomic mass is 10.1. The summed E-state index contributed by atoms with van der Waals surface area (Å²) in [5.74, 6) is 2.02. The summed E-state index contributed by atoms with van der Waals surface area (Å²) in [7, 11) is 0. The summed E-state index contributed by atoms with van der Waals surface area (Å²) in [6, 6.07) is 1.28. The highest BCUT2D eigenvalue weighted by atomic mass is 15.4. The van der Waals surface area contributed by atoms with Gasteiger partial charge in [0, 0.05) is 31.7 Å². The van der Waals surface area contributed by atoms with E-state index in [4.69, 9.17) is 0 Å². The highest BCUT2D eigenvalue weighted by molar-refractivity contribution is 4.95. The number of rotatable bonds is 4. The van der Waals surface area contributed by atoms with Crippen molar-refractivity contribution in [3.8, 4) is 0 Å². The lowest BCUT2D eigenvalue weighted by molar-refractivity contribution is 0.120. The Morgan fingerprint density at radius 2 is 2.28 bits per heavy atom. The first-order valence-corrected chi connectivity index (χ1v) is 7.12. The van der Waals surface area contributed by atoms with Crippen molar-refractivity contribution in [1.29, 1.82) is 0 Å². The molecule has 5 heteroatoms. The van der Waals surface area contributed by atoms with Crippen molar-refractivity contribution < 1.29 is 0 Å². The molecule has 2 aliphatic rings. The van der Waals surface area contributed by atoms with Gasteiger partial charge in [-0.25, -0.2) is 9.67 Å². The van der Waals surface area contributed by atoms with E-state index in [2.05, 4.69) is 34.1 Å². The minimum absolute atomic E-state index is 0.585. The van der Waals surface area contributed by atoms with Crippen LogP contribution in [0.5, 0.6) is 0 Å². The minimum Gasteiger partial charge on any atom is -0.311 e. The van der Waals surface area contributed by atoms with Crippen LogP contribution in [0, 0.1) is 5.92 Å². The fourth-order valence-electron chi connectivity index (χ4n) is 2.84. The molecule has 1 aliphatic carbocycles. The molecular formula is C13H23N5. The highest BCUT2D eigenvalue weighted by Crippen LogP contribution is 2.34. The number of piperazine rings is 1. The molecule has 2 atom stereocenters. The van der Waals surface area contributed by atoms with E-state index in [0.717, 1.165) is 37.9 Å². The van der Waals surface area contributed by atoms with E-state index in [1.54, 1.807) is 6.33 Å². The standard InChI is InChI=1S/C13H23N5/c1-3-18-13(15-9-16-18)8-17-7-12(11-4-5-11)14-6-10(17)2/h9-12,14H,3-8H2,1-2H3. The van der Waals surface area contributed by atoms with E-state index in [0.29, 0.717) is 12.1 Å². The Hall–Kier alpha value is -0.940. The molecule has 3 rings (SSSR count). The number of aryl methyl sites for hydroxylation is 1. The van der Waals surface area contributed by atoms with Crippen LogP contribution in [-0.4, -0.2) is 44.8 Å². The molecule has 1 saturated heterocycles. The Morgan fingerprint density at radius 1 is 1.44 bits per heavy atom. The van der Waals surface area contributed by atoms with E-state index < -0.39 is 0 Å². The van der Waals surface area contributed by atoms with E-state index in [1.807, 2.05) is 4.68 Å². The molecule has 2 heterocycles. The van der Waals surface area contributed by atoms with Crippen molar-refractivity contribution >= 4 is 0 Å². The third-order valence-electron chi connectivity index (χ3n) is 4.26. The van der Waals surface area contributed by atoms with E-state index in [-0.39, 0.29) is 0 Å². The Labute approximate surface area is 109 Å². The average Bonchev–Trinajstić information content (AvgIpc) is 3.13. The van der Waals surface area contributed by atoms with Crippen LogP contribution in [0.15, 0.2) is 6.33 Å². The van der Waals surface area contributed by atoms with E-state index in [1.165, 1.54) is 12.8 Å². The summed E-state index contributed by atoms with van der Waals surface area (Å²) in [5, 5.41) is 7.94. The van der Waals surface area contributed by atoms with Gasteiger partial charge in [0.1, 0.15) is 12.2 Å². The molecule has 1 N–H and O–H groups in total. The molecule has 1 aromatic heterocycles. The predicted octanol–water partition coefficient (Wildman–Crippen LogP) is 0.870. The third kappa shape index (κ3) is 2.42. The lowest BCUT2D eigenvalue weighted by Gasteiger charge is -2.38. The van der Waals surface area contributed by atoms with Crippen LogP contribution in [0.3, 0.4) is 0 Å². The summed E-state index contributed by atoms with van der Waals surface area (Å²) in [6.45, 7) is 8.50. The molecule has 0 aromatic carbocycles. The predicted molar refractivity (Wildman–Crippen MR) is 70.1 cm³/mol. The Balaban J connectivity index is 1.66. The quantitative estimate of drug-likeness (QED) is 0.860. The molecule has 0 amide bonds. The van der Waals surface area contributed by atoms with Gasteiger partial charge in [0.2, 0.25) is 0 Å². The summed E-state index contributed by atoms with van der Waals surface area (Å²) < 4.78 is 2.00. The molecule has 100 valence electrons. The topological polar surface area (TPSA) is 46.0 Å². The highest BCUT2D eigenvalue weighted by Gasteiger charge is 2.36. The number of hydrogen-bond donors (Lipinski definition) is 1. The van der Waals surface area contributed by atoms with Gasteiger partial charge in [0.25, 0.3) is 0 Å². The van der Waals surface area contributed by atoms with Crippen molar-refractivity contribution in [2.45, 2.75) is 51.9 Å². The van der Waals surface area contributed by atoms with E-state index in [9.17, 15) is 0 Å². The van der Waals surface area contributed by atoms with Gasteiger partial charge in [-0.1, -0.05) is 0 Å². The molecule has 5 nitrogen and oxygen atoms in total. The van der Waals surface area contributed by atoms with Gasteiger partial charge in [0.15, 0.2) is 0 Å². The van der Waals surface area contributed by atoms with Gasteiger partial charge in [-0.15, -0.1) is 0 Å². The molecule has 18 heavy (non-hydrogen) atoms. The summed E-state index contributed by atoms with van der Waals surface area (Å²) in [6.07, 6.45) is 4.49. The Kier molecular flexibility index (Phi) is 3.35. The molecule has 2 unspecified atom stereocenters. The van der Waals surface area contributed by atoms with Crippen LogP contribution < -0.4 is 5.32 Å². The van der Waals surface area contributed by atoms with Crippen LogP contribution in [0.2, 0.25) is 0 Å². The first-order chi connectivity index (χ1) is 8.78. The van der Waals surface area contributed by atoms with Crippen molar-refractivity contribution in [2.75, 3.05) is 13.1 Å². The van der Waals surface area contributed by atoms with Gasteiger partial charge >= 0.3 is 0 Å². The van der Waals surface area contributed by atoms with Crippen molar-refractivity contribution in [3.05, 3.63) is 12.2 Å². The SMILES string of the molecule is CCn1ncnc1CN1CC(C2CC2)NCC1C. The zero-order valence-corrected chi connectivity index (χ0v) is 11.3. The maximum absolute atomic E-state index is 4.39. The lowest BCUT2D eigenvalue weighted by Crippen LogP contribution is -2.55. The third-order valence-corrected chi connectivity index (χ3v) is 4.26. The molecule has 0 radical (unpaired) electrons. The maximum Gasteiger partial charge on any atom is 0.141 e. The Morgan fingerprint density at radius 3 is 3.00 bits per heavy atom. The monoisotopic (exact) mass is 249 g/mol. The molecule has 2 fully saturated rings. The van der Waals surface area contributed by atoms with Crippen LogP contribution in [0.25, 0.3) is 0 Å². The number of nitrogens with zero attached hydrogens (tertiary/aromatic N) is 4. The van der Waals surface area contributed by atoms with Gasteiger partial charge in [-0.05, 0) is 32.6 Å². The van der Waals surface area contributed by atoms with Crippen LogP contribution in [0.1, 0.15) is 32.5 Å². The minimum atomic E-state index is 0.585. The van der Waals surface area contributed by atoms with Crippen LogP contribution in [0.4, 0.5) is 0 Å². The van der Waals surface area contributed by atoms with Gasteiger partial charge < -0.3 is 5.32 Å². The summed E-state index contributed by atoms with van der Waals surface area (Å²) >= 11 is 0. The molecule has 0 spiro atoms. The largest absolute Gasteiger partial charge is 0.311 e. The maximum atomic E-state index is 4.39. The normalized spacial score (nSPS) is 29.7. The number of aromatic nitrogens is 3. The van der Waals surface area contributed by atoms with Gasteiger partial charge in [-0.2, -0.15) is 5.10 Å². The van der Waals surface area contributed by atoms with Crippen molar-refractivity contribution in [3.63, 3.8) is 0 Å². The second kappa shape index (κ2) is 4.97. The zero-order valence-electron chi connectivity index (χ0n) is 11.3. The first kappa shape index (κ1) is 12.1. The molecular weight excluding hydrogens is 226 g/mol. The summed E-state index contributed by atoms with van der Waals surface area (Å²) in [5.41, 5.74) is 0. The van der Waals surface area contributed by atoms with Crippen LogP contribution in [-0.2, 0) is 13.1 Å². The second-order valence-electron chi connectivity index (χ2n) is 5.62. The Bertz CT molecular complexity index is 398. The molecule has 1 aliphatic heterocycles. The average molecular weight is 249 g/mol. The number of nitrogens with one attached hydrogen (secondary N) is 1. The van der Waals surface area contributed by atoms with Gasteiger partial charge in [-0.3, -0.25) is 4.90 Å². The molecule has 1 saturated carbocycles.